The quantitative estimate of drug-likeness (QED) is 0.646. The average Bonchev–Trinajstić information content (AvgIpc) is 2.61. The van der Waals surface area contributed by atoms with E-state index in [1.807, 2.05) is 26.0 Å². The van der Waals surface area contributed by atoms with Crippen LogP contribution in [0.3, 0.4) is 0 Å². The zero-order valence-electron chi connectivity index (χ0n) is 9.82. The maximum atomic E-state index is 10.8. The first-order chi connectivity index (χ1) is 7.91. The fourth-order valence-corrected chi connectivity index (χ4v) is 2.88. The van der Waals surface area contributed by atoms with E-state index >= 15 is 0 Å². The molecule has 0 bridgehead atoms. The molecule has 3 unspecified atom stereocenters. The van der Waals surface area contributed by atoms with Gasteiger partial charge in [0, 0.05) is 22.9 Å². The molecule has 17 heavy (non-hydrogen) atoms. The number of rotatable bonds is 2. The Bertz CT molecular complexity index is 624. The first-order valence-electron chi connectivity index (χ1n) is 5.76. The van der Waals surface area contributed by atoms with E-state index in [-0.39, 0.29) is 18.3 Å². The highest BCUT2D eigenvalue weighted by molar-refractivity contribution is 5.71. The second kappa shape index (κ2) is 3.01. The molecule has 1 heterocycles. The van der Waals surface area contributed by atoms with Crippen molar-refractivity contribution in [3.8, 4) is 0 Å². The van der Waals surface area contributed by atoms with E-state index < -0.39 is 11.6 Å². The van der Waals surface area contributed by atoms with Crippen molar-refractivity contribution in [3.05, 3.63) is 21.8 Å². The molecule has 3 atom stereocenters. The molecule has 3 N–H and O–H groups in total. The molecule has 1 aromatic rings. The molecule has 0 aliphatic heterocycles. The molecule has 1 fully saturated rings. The lowest BCUT2D eigenvalue weighted by Gasteiger charge is -1.97. The molecule has 2 aliphatic rings. The summed E-state index contributed by atoms with van der Waals surface area (Å²) in [6.45, 7) is 3.72. The highest BCUT2D eigenvalue weighted by Crippen LogP contribution is 2.53. The van der Waals surface area contributed by atoms with E-state index in [1.54, 1.807) is 0 Å². The molecular weight excluding hydrogens is 218 g/mol. The molecule has 2 aliphatic carbocycles. The van der Waals surface area contributed by atoms with Gasteiger partial charge in [-0.05, 0) is 24.6 Å². The molecule has 0 amide bonds. The van der Waals surface area contributed by atoms with Gasteiger partial charge in [0.05, 0.1) is 12.0 Å². The Balaban J connectivity index is 2.15. The van der Waals surface area contributed by atoms with Crippen LogP contribution in [0.1, 0.15) is 18.2 Å². The van der Waals surface area contributed by atoms with Crippen LogP contribution in [0, 0.1) is 18.8 Å². The lowest BCUT2D eigenvalue weighted by Crippen LogP contribution is -2.28. The average molecular weight is 233 g/mol. The molecule has 0 spiro atoms. The summed E-state index contributed by atoms with van der Waals surface area (Å²) in [5.41, 5.74) is 1.09. The lowest BCUT2D eigenvalue weighted by molar-refractivity contribution is -0.136. The van der Waals surface area contributed by atoms with Gasteiger partial charge in [-0.3, -0.25) is 4.79 Å². The van der Waals surface area contributed by atoms with Crippen LogP contribution in [-0.2, 0) is 11.2 Å². The summed E-state index contributed by atoms with van der Waals surface area (Å²) in [5, 5.41) is 20.9. The van der Waals surface area contributed by atoms with Crippen LogP contribution in [-0.4, -0.2) is 26.8 Å². The maximum absolute atomic E-state index is 10.8. The topological polar surface area (TPSA) is 73.3 Å². The van der Waals surface area contributed by atoms with Gasteiger partial charge >= 0.3 is 5.97 Å². The van der Waals surface area contributed by atoms with E-state index in [0.717, 1.165) is 21.8 Å². The molecule has 90 valence electrons. The highest BCUT2D eigenvalue weighted by Gasteiger charge is 2.58. The summed E-state index contributed by atoms with van der Waals surface area (Å²) in [5.74, 6) is -0.517. The Kier molecular flexibility index (Phi) is 1.88. The SMILES string of the molecule is Cc1[nH]c2c(c1CC(=O)O)=CC1C(C=2)C1(C)O. The summed E-state index contributed by atoms with van der Waals surface area (Å²) >= 11 is 0. The van der Waals surface area contributed by atoms with Crippen LogP contribution in [0.15, 0.2) is 0 Å². The first kappa shape index (κ1) is 10.6. The predicted molar refractivity (Wildman–Crippen MR) is 62.7 cm³/mol. The first-order valence-corrected chi connectivity index (χ1v) is 5.76. The zero-order valence-corrected chi connectivity index (χ0v) is 9.82. The molecule has 1 saturated carbocycles. The van der Waals surface area contributed by atoms with Crippen LogP contribution in [0.5, 0.6) is 0 Å². The molecule has 3 rings (SSSR count). The number of aryl methyl sites for hydroxylation is 1. The third-order valence-electron chi connectivity index (χ3n) is 4.04. The van der Waals surface area contributed by atoms with E-state index in [2.05, 4.69) is 4.98 Å². The number of hydrogen-bond donors (Lipinski definition) is 3. The number of carboxylic acids is 1. The third kappa shape index (κ3) is 1.37. The van der Waals surface area contributed by atoms with E-state index in [0.29, 0.717) is 0 Å². The normalized spacial score (nSPS) is 33.1. The molecular formula is C13H15NO3. The molecule has 0 aromatic carbocycles. The number of fused-ring (bicyclic) bond motifs is 2. The number of aliphatic carboxylic acids is 1. The minimum Gasteiger partial charge on any atom is -0.481 e. The van der Waals surface area contributed by atoms with Gasteiger partial charge in [-0.1, -0.05) is 12.2 Å². The zero-order chi connectivity index (χ0) is 12.4. The molecule has 1 aromatic heterocycles. The van der Waals surface area contributed by atoms with Crippen molar-refractivity contribution < 1.29 is 15.0 Å². The van der Waals surface area contributed by atoms with Crippen LogP contribution < -0.4 is 10.6 Å². The van der Waals surface area contributed by atoms with Gasteiger partial charge in [0.15, 0.2) is 0 Å². The fourth-order valence-electron chi connectivity index (χ4n) is 2.88. The number of H-pyrrole nitrogens is 1. The van der Waals surface area contributed by atoms with E-state index in [1.165, 1.54) is 0 Å². The Labute approximate surface area is 98.3 Å². The molecule has 4 nitrogen and oxygen atoms in total. The van der Waals surface area contributed by atoms with Crippen molar-refractivity contribution in [3.63, 3.8) is 0 Å². The number of aromatic amines is 1. The fraction of sp³-hybridized carbons (Fsp3) is 0.462. The Morgan fingerprint density at radius 2 is 2.12 bits per heavy atom. The van der Waals surface area contributed by atoms with Crippen molar-refractivity contribution >= 4 is 18.1 Å². The number of hydrogen-bond acceptors (Lipinski definition) is 2. The largest absolute Gasteiger partial charge is 0.481 e. The summed E-state index contributed by atoms with van der Waals surface area (Å²) < 4.78 is 0. The van der Waals surface area contributed by atoms with E-state index in [9.17, 15) is 9.90 Å². The van der Waals surface area contributed by atoms with Crippen molar-refractivity contribution in [2.75, 3.05) is 0 Å². The lowest BCUT2D eigenvalue weighted by atomic mass is 10.1. The van der Waals surface area contributed by atoms with Gasteiger partial charge in [0.1, 0.15) is 0 Å². The standard InChI is InChI=1S/C13H15NO3/c1-6-7(4-12(15)16)8-3-9-10(13(9,2)17)5-11(8)14-6/h3,5,9-10,14,17H,4H2,1-2H3,(H,15,16). The van der Waals surface area contributed by atoms with Gasteiger partial charge in [0.25, 0.3) is 0 Å². The van der Waals surface area contributed by atoms with Crippen LogP contribution in [0.4, 0.5) is 0 Å². The van der Waals surface area contributed by atoms with Gasteiger partial charge in [-0.15, -0.1) is 0 Å². The summed E-state index contributed by atoms with van der Waals surface area (Å²) in [7, 11) is 0. The van der Waals surface area contributed by atoms with Crippen molar-refractivity contribution in [2.24, 2.45) is 11.8 Å². The molecule has 4 heteroatoms. The van der Waals surface area contributed by atoms with Gasteiger partial charge in [-0.25, -0.2) is 0 Å². The van der Waals surface area contributed by atoms with Crippen LogP contribution >= 0.6 is 0 Å². The van der Waals surface area contributed by atoms with Gasteiger partial charge in [-0.2, -0.15) is 0 Å². The predicted octanol–water partition coefficient (Wildman–Crippen LogP) is -0.478. The third-order valence-corrected chi connectivity index (χ3v) is 4.04. The number of carbonyl (C=O) groups is 1. The Morgan fingerprint density at radius 1 is 1.47 bits per heavy atom. The number of aromatic nitrogens is 1. The second-order valence-electron chi connectivity index (χ2n) is 5.24. The number of aliphatic hydroxyl groups is 1. The van der Waals surface area contributed by atoms with Crippen molar-refractivity contribution in [1.82, 2.24) is 4.98 Å². The number of nitrogens with one attached hydrogen (secondary N) is 1. The molecule has 0 radical (unpaired) electrons. The minimum atomic E-state index is -0.826. The number of carboxylic acid groups (broad SMARTS) is 1. The minimum absolute atomic E-state index is 0.0293. The summed E-state index contributed by atoms with van der Waals surface area (Å²) in [6, 6.07) is 0. The summed E-state index contributed by atoms with van der Waals surface area (Å²) in [4.78, 5) is 14.0. The van der Waals surface area contributed by atoms with Crippen LogP contribution in [0.25, 0.3) is 12.2 Å². The second-order valence-corrected chi connectivity index (χ2v) is 5.24. The van der Waals surface area contributed by atoms with Gasteiger partial charge in [0.2, 0.25) is 0 Å². The van der Waals surface area contributed by atoms with Crippen molar-refractivity contribution in [2.45, 2.75) is 25.9 Å². The Morgan fingerprint density at radius 3 is 2.76 bits per heavy atom. The monoisotopic (exact) mass is 233 g/mol. The highest BCUT2D eigenvalue weighted by atomic mass is 16.4. The van der Waals surface area contributed by atoms with Gasteiger partial charge < -0.3 is 15.2 Å². The molecule has 0 saturated heterocycles. The maximum Gasteiger partial charge on any atom is 0.307 e. The smallest absolute Gasteiger partial charge is 0.307 e. The van der Waals surface area contributed by atoms with E-state index in [4.69, 9.17) is 5.11 Å². The van der Waals surface area contributed by atoms with Crippen molar-refractivity contribution in [1.29, 1.82) is 0 Å². The summed E-state index contributed by atoms with van der Waals surface area (Å²) in [6.07, 6.45) is 4.07. The van der Waals surface area contributed by atoms with Crippen LogP contribution in [0.2, 0.25) is 0 Å². The Hall–Kier alpha value is -1.55.